The van der Waals surface area contributed by atoms with Gasteiger partial charge < -0.3 is 9.78 Å². The van der Waals surface area contributed by atoms with Crippen LogP contribution in [0.15, 0.2) is 48.5 Å². The summed E-state index contributed by atoms with van der Waals surface area (Å²) in [4.78, 5) is 20.2. The van der Waals surface area contributed by atoms with Crippen molar-refractivity contribution < 1.29 is 19.6 Å². The molecule has 23 heavy (non-hydrogen) atoms. The van der Waals surface area contributed by atoms with E-state index in [1.165, 1.54) is 11.1 Å². The normalized spacial score (nSPS) is 11.3. The Balaban J connectivity index is 2.13. The quantitative estimate of drug-likeness (QED) is 0.524. The van der Waals surface area contributed by atoms with Crippen molar-refractivity contribution in [3.63, 3.8) is 0 Å². The average Bonchev–Trinajstić information content (AvgIpc) is 2.59. The molecular formula is C19H24O4. The molecule has 0 radical (unpaired) electrons. The van der Waals surface area contributed by atoms with Crippen LogP contribution in [-0.2, 0) is 15.2 Å². The summed E-state index contributed by atoms with van der Waals surface area (Å²) in [7, 11) is 0. The molecule has 0 aliphatic rings. The van der Waals surface area contributed by atoms with Gasteiger partial charge >= 0.3 is 0 Å². The lowest BCUT2D eigenvalue weighted by molar-refractivity contribution is -0.202. The number of benzene rings is 2. The van der Waals surface area contributed by atoms with E-state index in [1.54, 1.807) is 0 Å². The van der Waals surface area contributed by atoms with Crippen LogP contribution >= 0.6 is 0 Å². The second-order valence-electron chi connectivity index (χ2n) is 5.65. The van der Waals surface area contributed by atoms with Crippen molar-refractivity contribution in [3.8, 4) is 11.5 Å². The van der Waals surface area contributed by atoms with Crippen LogP contribution in [0.4, 0.5) is 0 Å². The van der Waals surface area contributed by atoms with E-state index in [4.69, 9.17) is 19.6 Å². The molecule has 0 saturated heterocycles. The highest BCUT2D eigenvalue weighted by Crippen LogP contribution is 2.33. The lowest BCUT2D eigenvalue weighted by Gasteiger charge is -2.26. The lowest BCUT2D eigenvalue weighted by Crippen LogP contribution is -2.18. The first-order chi connectivity index (χ1) is 11.1. The second-order valence-corrected chi connectivity index (χ2v) is 5.65. The Morgan fingerprint density at radius 3 is 1.30 bits per heavy atom. The Kier molecular flexibility index (Phi) is 6.02. The Morgan fingerprint density at radius 1 is 0.652 bits per heavy atom. The standard InChI is InChI=1S/C19H24O4/c1-5-20-22-17-11-7-15(8-12-17)19(3,4)16-9-13-18(14-10-16)23-21-6-2/h7-14H,5-6H2,1-4H3. The number of hydrogen-bond donors (Lipinski definition) is 0. The third kappa shape index (κ3) is 4.47. The zero-order valence-corrected chi connectivity index (χ0v) is 14.2. The molecule has 0 aliphatic heterocycles. The van der Waals surface area contributed by atoms with Crippen molar-refractivity contribution in [2.45, 2.75) is 33.1 Å². The molecular weight excluding hydrogens is 292 g/mol. The molecule has 0 spiro atoms. The SMILES string of the molecule is CCOOc1ccc(C(C)(C)c2ccc(OOCC)cc2)cc1. The van der Waals surface area contributed by atoms with Crippen molar-refractivity contribution in [1.29, 1.82) is 0 Å². The molecule has 0 heterocycles. The summed E-state index contributed by atoms with van der Waals surface area (Å²) >= 11 is 0. The maximum absolute atomic E-state index is 5.15. The summed E-state index contributed by atoms with van der Waals surface area (Å²) < 4.78 is 0. The topological polar surface area (TPSA) is 36.9 Å². The van der Waals surface area contributed by atoms with Gasteiger partial charge in [-0.3, -0.25) is 0 Å². The third-order valence-electron chi connectivity index (χ3n) is 3.70. The maximum Gasteiger partial charge on any atom is 0.165 e. The number of hydrogen-bond acceptors (Lipinski definition) is 4. The molecule has 0 aliphatic carbocycles. The van der Waals surface area contributed by atoms with Gasteiger partial charge in [0, 0.05) is 5.41 Å². The minimum Gasteiger partial charge on any atom is -0.338 e. The fourth-order valence-electron chi connectivity index (χ4n) is 2.27. The van der Waals surface area contributed by atoms with Gasteiger partial charge in [-0.2, -0.15) is 9.78 Å². The van der Waals surface area contributed by atoms with Gasteiger partial charge in [-0.1, -0.05) is 38.1 Å². The molecule has 0 atom stereocenters. The summed E-state index contributed by atoms with van der Waals surface area (Å²) in [5.41, 5.74) is 2.26. The van der Waals surface area contributed by atoms with Gasteiger partial charge in [-0.25, -0.2) is 0 Å². The van der Waals surface area contributed by atoms with Gasteiger partial charge in [0.25, 0.3) is 0 Å². The summed E-state index contributed by atoms with van der Waals surface area (Å²) in [5.74, 6) is 1.40. The fraction of sp³-hybridized carbons (Fsp3) is 0.368. The summed E-state index contributed by atoms with van der Waals surface area (Å²) in [6, 6.07) is 15.9. The maximum atomic E-state index is 5.15. The van der Waals surface area contributed by atoms with Crippen molar-refractivity contribution in [1.82, 2.24) is 0 Å². The monoisotopic (exact) mass is 316 g/mol. The van der Waals surface area contributed by atoms with Gasteiger partial charge in [0.2, 0.25) is 0 Å². The van der Waals surface area contributed by atoms with Gasteiger partial charge in [-0.05, 0) is 49.2 Å². The van der Waals surface area contributed by atoms with Crippen LogP contribution in [0.25, 0.3) is 0 Å². The van der Waals surface area contributed by atoms with Crippen LogP contribution in [0.3, 0.4) is 0 Å². The van der Waals surface area contributed by atoms with E-state index in [9.17, 15) is 0 Å². The van der Waals surface area contributed by atoms with Gasteiger partial charge in [0.05, 0.1) is 13.2 Å². The minimum atomic E-state index is -0.131. The van der Waals surface area contributed by atoms with Crippen molar-refractivity contribution in [2.24, 2.45) is 0 Å². The highest BCUT2D eigenvalue weighted by Gasteiger charge is 2.23. The van der Waals surface area contributed by atoms with Crippen LogP contribution in [0.1, 0.15) is 38.8 Å². The molecule has 2 rings (SSSR count). The number of rotatable bonds is 8. The second kappa shape index (κ2) is 7.99. The molecule has 124 valence electrons. The molecule has 2 aromatic rings. The summed E-state index contributed by atoms with van der Waals surface area (Å²) in [5, 5.41) is 0. The van der Waals surface area contributed by atoms with Crippen LogP contribution in [-0.4, -0.2) is 13.2 Å². The van der Waals surface area contributed by atoms with Gasteiger partial charge in [0.15, 0.2) is 11.5 Å². The Bertz CT molecular complexity index is 534. The van der Waals surface area contributed by atoms with E-state index in [0.717, 1.165) is 0 Å². The minimum absolute atomic E-state index is 0.131. The van der Waals surface area contributed by atoms with E-state index in [-0.39, 0.29) is 5.41 Å². The van der Waals surface area contributed by atoms with E-state index < -0.39 is 0 Å². The Morgan fingerprint density at radius 2 is 1.00 bits per heavy atom. The third-order valence-corrected chi connectivity index (χ3v) is 3.70. The van der Waals surface area contributed by atoms with E-state index >= 15 is 0 Å². The largest absolute Gasteiger partial charge is 0.338 e. The first-order valence-corrected chi connectivity index (χ1v) is 7.88. The predicted octanol–water partition coefficient (Wildman–Crippen LogP) is 4.67. The smallest absolute Gasteiger partial charge is 0.165 e. The summed E-state index contributed by atoms with van der Waals surface area (Å²) in [6.07, 6.45) is 0. The first kappa shape index (κ1) is 17.3. The zero-order chi connectivity index (χ0) is 16.7. The van der Waals surface area contributed by atoms with E-state index in [0.29, 0.717) is 24.7 Å². The lowest BCUT2D eigenvalue weighted by atomic mass is 9.78. The Hall–Kier alpha value is -2.04. The van der Waals surface area contributed by atoms with Crippen LogP contribution in [0.5, 0.6) is 11.5 Å². The van der Waals surface area contributed by atoms with Gasteiger partial charge in [0.1, 0.15) is 0 Å². The van der Waals surface area contributed by atoms with Crippen molar-refractivity contribution in [3.05, 3.63) is 59.7 Å². The summed E-state index contributed by atoms with van der Waals surface area (Å²) in [6.45, 7) is 9.17. The first-order valence-electron chi connectivity index (χ1n) is 7.88. The highest BCUT2D eigenvalue weighted by molar-refractivity contribution is 5.41. The van der Waals surface area contributed by atoms with Gasteiger partial charge in [-0.15, -0.1) is 0 Å². The van der Waals surface area contributed by atoms with Crippen LogP contribution < -0.4 is 9.78 Å². The molecule has 0 amide bonds. The molecule has 0 aromatic heterocycles. The molecule has 0 fully saturated rings. The predicted molar refractivity (Wildman–Crippen MR) is 89.5 cm³/mol. The van der Waals surface area contributed by atoms with Crippen LogP contribution in [0, 0.1) is 0 Å². The highest BCUT2D eigenvalue weighted by atomic mass is 17.2. The molecule has 2 aromatic carbocycles. The molecule has 0 unspecified atom stereocenters. The molecule has 0 bridgehead atoms. The molecule has 0 N–H and O–H groups in total. The molecule has 0 saturated carbocycles. The van der Waals surface area contributed by atoms with Crippen LogP contribution in [0.2, 0.25) is 0 Å². The Labute approximate surface area is 137 Å². The average molecular weight is 316 g/mol. The molecule has 4 heteroatoms. The van der Waals surface area contributed by atoms with E-state index in [1.807, 2.05) is 38.1 Å². The fourth-order valence-corrected chi connectivity index (χ4v) is 2.27. The van der Waals surface area contributed by atoms with E-state index in [2.05, 4.69) is 38.1 Å². The van der Waals surface area contributed by atoms with Crippen molar-refractivity contribution in [2.75, 3.05) is 13.2 Å². The molecule has 4 nitrogen and oxygen atoms in total. The zero-order valence-electron chi connectivity index (χ0n) is 14.2. The van der Waals surface area contributed by atoms with Crippen molar-refractivity contribution >= 4 is 0 Å².